The van der Waals surface area contributed by atoms with E-state index in [-0.39, 0.29) is 5.41 Å². The summed E-state index contributed by atoms with van der Waals surface area (Å²) >= 11 is 0. The summed E-state index contributed by atoms with van der Waals surface area (Å²) in [6.07, 6.45) is 2.49. The largest absolute Gasteiger partial charge is 0.363 e. The van der Waals surface area contributed by atoms with Crippen LogP contribution in [-0.4, -0.2) is 37.8 Å². The third kappa shape index (κ3) is 2.60. The van der Waals surface area contributed by atoms with Gasteiger partial charge in [0.15, 0.2) is 0 Å². The first-order valence-corrected chi connectivity index (χ1v) is 7.61. The molecule has 6 heteroatoms. The lowest BCUT2D eigenvalue weighted by Crippen LogP contribution is -2.30. The second-order valence-corrected chi connectivity index (χ2v) is 7.58. The summed E-state index contributed by atoms with van der Waals surface area (Å²) in [7, 11) is -1.50. The van der Waals surface area contributed by atoms with Gasteiger partial charge in [0.25, 0.3) is 0 Å². The van der Waals surface area contributed by atoms with Crippen molar-refractivity contribution in [3.05, 3.63) is 18.0 Å². The van der Waals surface area contributed by atoms with Crippen LogP contribution >= 0.6 is 0 Å². The van der Waals surface area contributed by atoms with E-state index in [0.29, 0.717) is 24.5 Å². The van der Waals surface area contributed by atoms with Gasteiger partial charge < -0.3 is 10.3 Å². The molecule has 0 radical (unpaired) electrons. The Kier molecular flexibility index (Phi) is 3.53. The molecule has 2 N–H and O–H groups in total. The Morgan fingerprint density at radius 2 is 2.22 bits per heavy atom. The quantitative estimate of drug-likeness (QED) is 0.863. The maximum Gasteiger partial charge on any atom is 0.244 e. The molecule has 102 valence electrons. The van der Waals surface area contributed by atoms with E-state index in [1.807, 2.05) is 7.05 Å². The monoisotopic (exact) mass is 271 g/mol. The van der Waals surface area contributed by atoms with Gasteiger partial charge in [-0.1, -0.05) is 13.8 Å². The van der Waals surface area contributed by atoms with Gasteiger partial charge in [-0.2, -0.15) is 4.31 Å². The number of rotatable bonds is 4. The maximum atomic E-state index is 12.4. The Morgan fingerprint density at radius 3 is 2.78 bits per heavy atom. The van der Waals surface area contributed by atoms with Crippen LogP contribution in [0.15, 0.2) is 17.2 Å². The van der Waals surface area contributed by atoms with Crippen LogP contribution in [0.25, 0.3) is 0 Å². The van der Waals surface area contributed by atoms with Crippen molar-refractivity contribution in [1.82, 2.24) is 14.6 Å². The van der Waals surface area contributed by atoms with Crippen molar-refractivity contribution in [1.29, 1.82) is 0 Å². The fourth-order valence-corrected chi connectivity index (χ4v) is 3.93. The van der Waals surface area contributed by atoms with E-state index in [9.17, 15) is 8.42 Å². The van der Waals surface area contributed by atoms with Gasteiger partial charge in [-0.15, -0.1) is 0 Å². The molecule has 18 heavy (non-hydrogen) atoms. The van der Waals surface area contributed by atoms with Crippen molar-refractivity contribution < 1.29 is 8.42 Å². The number of H-pyrrole nitrogens is 1. The highest BCUT2D eigenvalue weighted by molar-refractivity contribution is 7.89. The zero-order valence-corrected chi connectivity index (χ0v) is 12.0. The van der Waals surface area contributed by atoms with Crippen molar-refractivity contribution in [2.24, 2.45) is 5.41 Å². The Morgan fingerprint density at radius 1 is 1.50 bits per heavy atom. The minimum Gasteiger partial charge on any atom is -0.363 e. The first-order chi connectivity index (χ1) is 8.35. The summed E-state index contributed by atoms with van der Waals surface area (Å²) in [4.78, 5) is 3.35. The Hall–Kier alpha value is -0.850. The molecule has 1 aromatic heterocycles. The SMILES string of the molecule is CNCc1cc(S(=O)(=O)N2CCC(C)(C)C2)c[nH]1. The Labute approximate surface area is 109 Å². The lowest BCUT2D eigenvalue weighted by Gasteiger charge is -2.18. The Bertz CT molecular complexity index is 519. The predicted molar refractivity (Wildman–Crippen MR) is 70.7 cm³/mol. The number of hydrogen-bond donors (Lipinski definition) is 2. The summed E-state index contributed by atoms with van der Waals surface area (Å²) in [5, 5.41) is 2.99. The van der Waals surface area contributed by atoms with Crippen LogP contribution in [0.3, 0.4) is 0 Å². The molecule has 1 saturated heterocycles. The normalized spacial score (nSPS) is 20.4. The maximum absolute atomic E-state index is 12.4. The molecule has 0 bridgehead atoms. The fourth-order valence-electron chi connectivity index (χ4n) is 2.28. The highest BCUT2D eigenvalue weighted by Gasteiger charge is 2.37. The molecular formula is C12H21N3O2S. The highest BCUT2D eigenvalue weighted by Crippen LogP contribution is 2.32. The second-order valence-electron chi connectivity index (χ2n) is 5.64. The summed E-state index contributed by atoms with van der Waals surface area (Å²) < 4.78 is 26.4. The summed E-state index contributed by atoms with van der Waals surface area (Å²) in [6.45, 7) is 6.06. The number of hydrogen-bond acceptors (Lipinski definition) is 3. The van der Waals surface area contributed by atoms with Crippen molar-refractivity contribution in [2.45, 2.75) is 31.7 Å². The van der Waals surface area contributed by atoms with Gasteiger partial charge in [-0.3, -0.25) is 0 Å². The summed E-state index contributed by atoms with van der Waals surface area (Å²) in [5.74, 6) is 0. The summed E-state index contributed by atoms with van der Waals surface area (Å²) in [5.41, 5.74) is 0.964. The lowest BCUT2D eigenvalue weighted by atomic mass is 9.93. The van der Waals surface area contributed by atoms with Crippen molar-refractivity contribution in [2.75, 3.05) is 20.1 Å². The van der Waals surface area contributed by atoms with E-state index in [2.05, 4.69) is 24.1 Å². The second kappa shape index (κ2) is 4.68. The van der Waals surface area contributed by atoms with Crippen LogP contribution in [0.4, 0.5) is 0 Å². The van der Waals surface area contributed by atoms with Gasteiger partial charge in [-0.25, -0.2) is 8.42 Å². The topological polar surface area (TPSA) is 65.2 Å². The fraction of sp³-hybridized carbons (Fsp3) is 0.667. The minimum absolute atomic E-state index is 0.0805. The third-order valence-electron chi connectivity index (χ3n) is 3.36. The van der Waals surface area contributed by atoms with Gasteiger partial charge >= 0.3 is 0 Å². The third-order valence-corrected chi connectivity index (χ3v) is 5.19. The zero-order chi connectivity index (χ0) is 13.4. The van der Waals surface area contributed by atoms with Crippen LogP contribution in [0, 0.1) is 5.41 Å². The molecule has 0 atom stereocenters. The molecule has 0 spiro atoms. The van der Waals surface area contributed by atoms with Gasteiger partial charge in [0, 0.05) is 31.5 Å². The van der Waals surface area contributed by atoms with E-state index in [1.165, 1.54) is 0 Å². The standard InChI is InChI=1S/C12H21N3O2S/c1-12(2)4-5-15(9-12)18(16,17)11-6-10(7-13-3)14-8-11/h6,8,13-14H,4-5,7,9H2,1-3H3. The van der Waals surface area contributed by atoms with Crippen LogP contribution in [-0.2, 0) is 16.6 Å². The molecule has 0 saturated carbocycles. The van der Waals surface area contributed by atoms with Gasteiger partial charge in [0.05, 0.1) is 4.90 Å². The Balaban J connectivity index is 2.20. The molecule has 1 aromatic rings. The van der Waals surface area contributed by atoms with E-state index in [1.54, 1.807) is 16.6 Å². The number of aromatic amines is 1. The van der Waals surface area contributed by atoms with Crippen LogP contribution in [0.1, 0.15) is 26.0 Å². The molecule has 0 unspecified atom stereocenters. The first-order valence-electron chi connectivity index (χ1n) is 6.17. The van der Waals surface area contributed by atoms with E-state index in [0.717, 1.165) is 12.1 Å². The molecule has 1 aliphatic rings. The van der Waals surface area contributed by atoms with Crippen LogP contribution in [0.5, 0.6) is 0 Å². The molecule has 5 nitrogen and oxygen atoms in total. The lowest BCUT2D eigenvalue weighted by molar-refractivity contribution is 0.375. The van der Waals surface area contributed by atoms with Crippen molar-refractivity contribution in [3.63, 3.8) is 0 Å². The highest BCUT2D eigenvalue weighted by atomic mass is 32.2. The van der Waals surface area contributed by atoms with E-state index < -0.39 is 10.0 Å². The average molecular weight is 271 g/mol. The van der Waals surface area contributed by atoms with Crippen molar-refractivity contribution in [3.8, 4) is 0 Å². The molecule has 1 aliphatic heterocycles. The first kappa shape index (κ1) is 13.6. The van der Waals surface area contributed by atoms with Gasteiger partial charge in [-0.05, 0) is 24.9 Å². The smallest absolute Gasteiger partial charge is 0.244 e. The minimum atomic E-state index is -3.33. The van der Waals surface area contributed by atoms with Crippen LogP contribution in [0.2, 0.25) is 0 Å². The van der Waals surface area contributed by atoms with Crippen molar-refractivity contribution >= 4 is 10.0 Å². The molecule has 2 rings (SSSR count). The molecule has 2 heterocycles. The van der Waals surface area contributed by atoms with E-state index >= 15 is 0 Å². The number of sulfonamides is 1. The van der Waals surface area contributed by atoms with Crippen LogP contribution < -0.4 is 5.32 Å². The number of aromatic nitrogens is 1. The number of nitrogens with one attached hydrogen (secondary N) is 2. The molecular weight excluding hydrogens is 250 g/mol. The molecule has 0 amide bonds. The molecule has 1 fully saturated rings. The van der Waals surface area contributed by atoms with E-state index in [4.69, 9.17) is 0 Å². The average Bonchev–Trinajstić information content (AvgIpc) is 2.86. The molecule has 0 aromatic carbocycles. The number of nitrogens with zero attached hydrogens (tertiary/aromatic N) is 1. The molecule has 0 aliphatic carbocycles. The predicted octanol–water partition coefficient (Wildman–Crippen LogP) is 1.15. The zero-order valence-electron chi connectivity index (χ0n) is 11.2. The summed E-state index contributed by atoms with van der Waals surface area (Å²) in [6, 6.07) is 1.71. The van der Waals surface area contributed by atoms with Gasteiger partial charge in [0.2, 0.25) is 10.0 Å². The van der Waals surface area contributed by atoms with Gasteiger partial charge in [0.1, 0.15) is 0 Å².